The third-order valence-electron chi connectivity index (χ3n) is 1.94. The van der Waals surface area contributed by atoms with E-state index in [4.69, 9.17) is 0 Å². The molecule has 6 heteroatoms. The molecule has 1 radical (unpaired) electrons. The van der Waals surface area contributed by atoms with Crippen molar-refractivity contribution in [3.8, 4) is 0 Å². The molecule has 0 saturated carbocycles. The Morgan fingerprint density at radius 3 is 2.36 bits per heavy atom. The Labute approximate surface area is 101 Å². The van der Waals surface area contributed by atoms with Gasteiger partial charge in [-0.15, -0.1) is 0 Å². The first-order chi connectivity index (χ1) is 6.11. The number of unbranched alkanes of at least 4 members (excludes halogenated alkanes) is 1. The second-order valence-corrected chi connectivity index (χ2v) is 2.97. The number of carbonyl (C=O) groups is 1. The van der Waals surface area contributed by atoms with Gasteiger partial charge in [-0.2, -0.15) is 0 Å². The smallest absolute Gasteiger partial charge is 0.860 e. The fourth-order valence-corrected chi connectivity index (χ4v) is 1.13. The average Bonchev–Trinajstić information content (AvgIpc) is 2.04. The fourth-order valence-electron chi connectivity index (χ4n) is 1.13. The minimum atomic E-state index is -2.48. The molecule has 0 rings (SSSR count). The Hall–Kier alpha value is 0.195. The van der Waals surface area contributed by atoms with Gasteiger partial charge in [0.25, 0.3) is 5.97 Å². The zero-order valence-electron chi connectivity index (χ0n) is 8.56. The molecule has 0 amide bonds. The molecular formula is C8H15BNbO4. The van der Waals surface area contributed by atoms with Crippen LogP contribution in [-0.2, 0) is 31.8 Å². The van der Waals surface area contributed by atoms with Crippen molar-refractivity contribution >= 4 is 13.3 Å². The number of carbonyl (C=O) groups excluding carboxylic acids is 1. The monoisotopic (exact) mass is 279 g/mol. The summed E-state index contributed by atoms with van der Waals surface area (Å²) in [5.74, 6) is -0.934. The van der Waals surface area contributed by atoms with Crippen molar-refractivity contribution in [1.82, 2.24) is 0 Å². The summed E-state index contributed by atoms with van der Waals surface area (Å²) >= 11 is 0. The molecular weight excluding hydrogens is 264 g/mol. The molecule has 0 aromatic carbocycles. The van der Waals surface area contributed by atoms with Gasteiger partial charge in [0.1, 0.15) is 7.32 Å². The van der Waals surface area contributed by atoms with Crippen LogP contribution < -0.4 is 10.0 Å². The van der Waals surface area contributed by atoms with Crippen LogP contribution >= 0.6 is 0 Å². The second-order valence-electron chi connectivity index (χ2n) is 2.97. The van der Waals surface area contributed by atoms with Gasteiger partial charge in [-0.1, -0.05) is 26.7 Å². The first-order valence-corrected chi connectivity index (χ1v) is 4.63. The summed E-state index contributed by atoms with van der Waals surface area (Å²) in [6.45, 7) is 3.86. The molecule has 0 aromatic heterocycles. The van der Waals surface area contributed by atoms with Crippen molar-refractivity contribution in [2.24, 2.45) is 5.92 Å². The SMILES string of the molecule is CCCCC(CC)C(=O)OB([O-])[O-].[Nb+2]. The molecule has 1 atom stereocenters. The Morgan fingerprint density at radius 2 is 2.00 bits per heavy atom. The van der Waals surface area contributed by atoms with Crippen LogP contribution in [0.3, 0.4) is 0 Å². The van der Waals surface area contributed by atoms with E-state index in [-0.39, 0.29) is 28.3 Å². The van der Waals surface area contributed by atoms with Gasteiger partial charge in [0.2, 0.25) is 0 Å². The summed E-state index contributed by atoms with van der Waals surface area (Å²) in [4.78, 5) is 11.1. The molecule has 0 aliphatic heterocycles. The van der Waals surface area contributed by atoms with E-state index >= 15 is 0 Å². The maximum Gasteiger partial charge on any atom is 2.00 e. The molecule has 0 bridgehead atoms. The van der Waals surface area contributed by atoms with Crippen LogP contribution in [0.15, 0.2) is 0 Å². The molecule has 4 nitrogen and oxygen atoms in total. The molecule has 0 fully saturated rings. The van der Waals surface area contributed by atoms with Crippen LogP contribution in [0.5, 0.6) is 0 Å². The van der Waals surface area contributed by atoms with Crippen molar-refractivity contribution in [3.05, 3.63) is 0 Å². The van der Waals surface area contributed by atoms with E-state index < -0.39 is 13.3 Å². The zero-order chi connectivity index (χ0) is 10.3. The first kappa shape index (κ1) is 16.6. The van der Waals surface area contributed by atoms with Crippen molar-refractivity contribution in [2.45, 2.75) is 39.5 Å². The van der Waals surface area contributed by atoms with Crippen molar-refractivity contribution in [1.29, 1.82) is 0 Å². The molecule has 0 heterocycles. The molecule has 0 spiro atoms. The zero-order valence-corrected chi connectivity index (χ0v) is 10.8. The third-order valence-corrected chi connectivity index (χ3v) is 1.94. The standard InChI is InChI=1S/C8H15BO4.Nb/c1-3-5-6-7(4-2)8(10)13-9(11)12;/h7H,3-6H2,1-2H3;/q-2;+2. The summed E-state index contributed by atoms with van der Waals surface area (Å²) in [5, 5.41) is 20.1. The van der Waals surface area contributed by atoms with Crippen LogP contribution in [-0.4, -0.2) is 13.3 Å². The maximum absolute atomic E-state index is 11.1. The minimum absolute atomic E-state index is 0. The van der Waals surface area contributed by atoms with Gasteiger partial charge in [-0.05, 0) is 12.8 Å². The van der Waals surface area contributed by atoms with E-state index in [0.29, 0.717) is 12.8 Å². The van der Waals surface area contributed by atoms with Gasteiger partial charge < -0.3 is 14.7 Å². The average molecular weight is 279 g/mol. The van der Waals surface area contributed by atoms with Gasteiger partial charge >= 0.3 is 22.4 Å². The Bertz CT molecular complexity index is 154. The van der Waals surface area contributed by atoms with Crippen LogP contribution in [0.2, 0.25) is 0 Å². The van der Waals surface area contributed by atoms with Gasteiger partial charge in [0.05, 0.1) is 5.92 Å². The van der Waals surface area contributed by atoms with Crippen LogP contribution in [0, 0.1) is 5.92 Å². The number of rotatable bonds is 6. The second kappa shape index (κ2) is 9.74. The first-order valence-electron chi connectivity index (χ1n) is 4.63. The van der Waals surface area contributed by atoms with Crippen molar-refractivity contribution in [3.63, 3.8) is 0 Å². The third kappa shape index (κ3) is 7.59. The normalized spacial score (nSPS) is 11.4. The molecule has 0 N–H and O–H groups in total. The van der Waals surface area contributed by atoms with E-state index in [9.17, 15) is 14.8 Å². The number of hydrogen-bond donors (Lipinski definition) is 0. The molecule has 1 unspecified atom stereocenters. The van der Waals surface area contributed by atoms with Gasteiger partial charge in [-0.25, -0.2) is 0 Å². The summed E-state index contributed by atoms with van der Waals surface area (Å²) in [7, 11) is -2.48. The topological polar surface area (TPSA) is 72.4 Å². The van der Waals surface area contributed by atoms with Crippen molar-refractivity contribution < 1.29 is 41.9 Å². The van der Waals surface area contributed by atoms with E-state index in [1.54, 1.807) is 0 Å². The van der Waals surface area contributed by atoms with Gasteiger partial charge in [0.15, 0.2) is 0 Å². The fraction of sp³-hybridized carbons (Fsp3) is 0.875. The van der Waals surface area contributed by atoms with Crippen molar-refractivity contribution in [2.75, 3.05) is 0 Å². The van der Waals surface area contributed by atoms with Crippen LogP contribution in [0.25, 0.3) is 0 Å². The predicted octanol–water partition coefficient (Wildman–Crippen LogP) is -0.551. The summed E-state index contributed by atoms with van der Waals surface area (Å²) < 4.78 is 4.05. The van der Waals surface area contributed by atoms with Gasteiger partial charge in [-0.3, -0.25) is 4.79 Å². The summed E-state index contributed by atoms with van der Waals surface area (Å²) in [6.07, 6.45) is 3.21. The maximum atomic E-state index is 11.1. The molecule has 0 aromatic rings. The number of hydrogen-bond acceptors (Lipinski definition) is 4. The van der Waals surface area contributed by atoms with Crippen LogP contribution in [0.4, 0.5) is 0 Å². The molecule has 0 aliphatic rings. The Morgan fingerprint density at radius 1 is 1.43 bits per heavy atom. The minimum Gasteiger partial charge on any atom is -0.860 e. The molecule has 79 valence electrons. The van der Waals surface area contributed by atoms with E-state index in [2.05, 4.69) is 4.65 Å². The van der Waals surface area contributed by atoms with E-state index in [1.807, 2.05) is 13.8 Å². The quantitative estimate of drug-likeness (QED) is 0.611. The molecule has 0 saturated heterocycles. The van der Waals surface area contributed by atoms with E-state index in [0.717, 1.165) is 12.8 Å². The summed E-state index contributed by atoms with van der Waals surface area (Å²) in [6, 6.07) is 0. The predicted molar refractivity (Wildman–Crippen MR) is 45.2 cm³/mol. The van der Waals surface area contributed by atoms with E-state index in [1.165, 1.54) is 0 Å². The largest absolute Gasteiger partial charge is 2.00 e. The Kier molecular flexibility index (Phi) is 11.6. The van der Waals surface area contributed by atoms with Gasteiger partial charge in [0, 0.05) is 0 Å². The summed E-state index contributed by atoms with van der Waals surface area (Å²) in [5.41, 5.74) is 0. The Balaban J connectivity index is 0. The van der Waals surface area contributed by atoms with Crippen LogP contribution in [0.1, 0.15) is 39.5 Å². The molecule has 14 heavy (non-hydrogen) atoms. The molecule has 0 aliphatic carbocycles.